The fourth-order valence-corrected chi connectivity index (χ4v) is 4.11. The number of nitrogens with zero attached hydrogens (tertiary/aromatic N) is 6. The number of carbonyl (C=O) groups excluding carboxylic acids is 2. The molecule has 1 aliphatic rings. The summed E-state index contributed by atoms with van der Waals surface area (Å²) in [5.41, 5.74) is -1.81. The number of aromatic nitrogens is 4. The molecule has 0 fully saturated rings. The molecular formula is C25H24ClFN8O4. The van der Waals surface area contributed by atoms with E-state index in [9.17, 15) is 14.9 Å². The number of methoxy groups -OCH3 is 1. The highest BCUT2D eigenvalue weighted by Gasteiger charge is 2.39. The summed E-state index contributed by atoms with van der Waals surface area (Å²) in [7, 11) is 1.42. The highest BCUT2D eigenvalue weighted by molar-refractivity contribution is 6.30. The fraction of sp³-hybridized carbons (Fsp3) is 0.320. The van der Waals surface area contributed by atoms with Crippen molar-refractivity contribution in [2.75, 3.05) is 12.4 Å². The van der Waals surface area contributed by atoms with E-state index in [4.69, 9.17) is 21.1 Å². The largest absolute Gasteiger partial charge is 0.480 e. The number of nitriles is 1. The Bertz CT molecular complexity index is 1520. The second kappa shape index (κ2) is 10.3. The molecule has 3 heterocycles. The summed E-state index contributed by atoms with van der Waals surface area (Å²) in [5.74, 6) is -0.923. The van der Waals surface area contributed by atoms with Crippen LogP contribution >= 0.6 is 11.6 Å². The summed E-state index contributed by atoms with van der Waals surface area (Å²) in [4.78, 5) is 42.0. The topological polar surface area (TPSA) is 156 Å². The van der Waals surface area contributed by atoms with Crippen LogP contribution in [-0.2, 0) is 16.8 Å². The zero-order valence-corrected chi connectivity index (χ0v) is 22.4. The van der Waals surface area contributed by atoms with Crippen LogP contribution in [0.25, 0.3) is 0 Å². The minimum Gasteiger partial charge on any atom is -0.480 e. The van der Waals surface area contributed by atoms with Gasteiger partial charge in [0.15, 0.2) is 22.5 Å². The number of halogens is 2. The molecule has 1 atom stereocenters. The fourth-order valence-electron chi connectivity index (χ4n) is 3.88. The van der Waals surface area contributed by atoms with Crippen molar-refractivity contribution < 1.29 is 23.5 Å². The number of nitrogens with one attached hydrogen (secondary N) is 2. The predicted octanol–water partition coefficient (Wildman–Crippen LogP) is 3.80. The van der Waals surface area contributed by atoms with Gasteiger partial charge in [-0.15, -0.1) is 0 Å². The van der Waals surface area contributed by atoms with Gasteiger partial charge < -0.3 is 19.4 Å². The van der Waals surface area contributed by atoms with Gasteiger partial charge >= 0.3 is 6.09 Å². The Hall–Kier alpha value is -4.57. The molecule has 1 aliphatic heterocycles. The van der Waals surface area contributed by atoms with Crippen molar-refractivity contribution in [2.45, 2.75) is 45.4 Å². The van der Waals surface area contributed by atoms with E-state index < -0.39 is 29.0 Å². The number of hydrogen-bond donors (Lipinski definition) is 2. The van der Waals surface area contributed by atoms with Gasteiger partial charge in [0.25, 0.3) is 5.91 Å². The molecular weight excluding hydrogens is 531 g/mol. The molecule has 2 amide bonds. The first kappa shape index (κ1) is 27.5. The van der Waals surface area contributed by atoms with Crippen LogP contribution in [0.4, 0.5) is 14.9 Å². The molecule has 2 N–H and O–H groups in total. The SMILES string of the molecule is COc1cnc(C(=O)Nc2ccc(F)c(C3(C)Cn4c(nc(Cl)c4C#N)C(NC(=O)OC(C)(C)C)=N3)c2)cn1. The van der Waals surface area contributed by atoms with Crippen LogP contribution in [0.2, 0.25) is 5.15 Å². The number of fused-ring (bicyclic) bond motifs is 1. The lowest BCUT2D eigenvalue weighted by Gasteiger charge is -2.33. The van der Waals surface area contributed by atoms with Gasteiger partial charge in [-0.1, -0.05) is 11.6 Å². The first-order valence-corrected chi connectivity index (χ1v) is 11.9. The molecule has 0 saturated carbocycles. The maximum Gasteiger partial charge on any atom is 0.413 e. The van der Waals surface area contributed by atoms with Crippen LogP contribution in [0.3, 0.4) is 0 Å². The van der Waals surface area contributed by atoms with Gasteiger partial charge in [0.05, 0.1) is 26.0 Å². The first-order valence-electron chi connectivity index (χ1n) is 11.6. The van der Waals surface area contributed by atoms with E-state index >= 15 is 4.39 Å². The standard InChI is InChI=1S/C25H24ClFN8O4/c1-24(2,3)39-23(37)33-20-21-32-19(26)17(9-28)35(21)12-25(4,34-20)14-8-13(6-7-15(14)27)31-22(36)16-10-30-18(38-5)11-29-16/h6-8,10-11H,12H2,1-5H3,(H,31,36)(H,33,34,37). The Kier molecular flexibility index (Phi) is 7.25. The second-order valence-electron chi connectivity index (χ2n) is 9.73. The Morgan fingerprint density at radius 2 is 1.97 bits per heavy atom. The van der Waals surface area contributed by atoms with Crippen LogP contribution in [0.5, 0.6) is 5.88 Å². The van der Waals surface area contributed by atoms with Gasteiger partial charge in [-0.05, 0) is 45.9 Å². The quantitative estimate of drug-likeness (QED) is 0.493. The zero-order valence-electron chi connectivity index (χ0n) is 21.7. The van der Waals surface area contributed by atoms with E-state index in [0.29, 0.717) is 0 Å². The van der Waals surface area contributed by atoms with Gasteiger partial charge in [-0.2, -0.15) is 5.26 Å². The van der Waals surface area contributed by atoms with Gasteiger partial charge in [-0.25, -0.2) is 24.1 Å². The Balaban J connectivity index is 1.72. The highest BCUT2D eigenvalue weighted by Crippen LogP contribution is 2.36. The maximum absolute atomic E-state index is 15.3. The van der Waals surface area contributed by atoms with E-state index in [1.807, 2.05) is 6.07 Å². The summed E-state index contributed by atoms with van der Waals surface area (Å²) in [6.07, 6.45) is 1.72. The summed E-state index contributed by atoms with van der Waals surface area (Å²) in [6, 6.07) is 5.94. The summed E-state index contributed by atoms with van der Waals surface area (Å²) in [5, 5.41) is 14.8. The molecule has 0 saturated heterocycles. The van der Waals surface area contributed by atoms with Crippen molar-refractivity contribution in [2.24, 2.45) is 4.99 Å². The third-order valence-electron chi connectivity index (χ3n) is 5.56. The molecule has 4 rings (SSSR count). The van der Waals surface area contributed by atoms with Crippen molar-refractivity contribution in [3.63, 3.8) is 0 Å². The number of hydrogen-bond acceptors (Lipinski definition) is 9. The number of imidazole rings is 1. The molecule has 14 heteroatoms. The minimum absolute atomic E-state index is 0.0132. The van der Waals surface area contributed by atoms with Gasteiger partial charge in [0.1, 0.15) is 28.7 Å². The third kappa shape index (κ3) is 5.80. The van der Waals surface area contributed by atoms with Crippen molar-refractivity contribution in [1.29, 1.82) is 5.26 Å². The smallest absolute Gasteiger partial charge is 0.413 e. The van der Waals surface area contributed by atoms with E-state index in [-0.39, 0.29) is 51.9 Å². The number of alkyl carbamates (subject to hydrolysis) is 1. The Morgan fingerprint density at radius 3 is 2.59 bits per heavy atom. The third-order valence-corrected chi connectivity index (χ3v) is 5.82. The normalized spacial score (nSPS) is 16.4. The molecule has 1 aromatic carbocycles. The number of carbonyl (C=O) groups is 2. The first-order chi connectivity index (χ1) is 18.3. The summed E-state index contributed by atoms with van der Waals surface area (Å²) < 4.78 is 27.0. The summed E-state index contributed by atoms with van der Waals surface area (Å²) >= 11 is 6.18. The van der Waals surface area contributed by atoms with E-state index in [1.54, 1.807) is 27.7 Å². The monoisotopic (exact) mass is 554 g/mol. The van der Waals surface area contributed by atoms with E-state index in [0.717, 1.165) is 0 Å². The van der Waals surface area contributed by atoms with Gasteiger partial charge in [0.2, 0.25) is 5.88 Å². The van der Waals surface area contributed by atoms with Crippen molar-refractivity contribution in [1.82, 2.24) is 24.8 Å². The second-order valence-corrected chi connectivity index (χ2v) is 10.1. The van der Waals surface area contributed by atoms with Gasteiger partial charge in [0, 0.05) is 11.3 Å². The maximum atomic E-state index is 15.3. The van der Waals surface area contributed by atoms with Crippen molar-refractivity contribution in [3.05, 3.63) is 64.3 Å². The average Bonchev–Trinajstić information content (AvgIpc) is 3.18. The molecule has 0 bridgehead atoms. The van der Waals surface area contributed by atoms with Crippen molar-refractivity contribution >= 4 is 35.1 Å². The molecule has 0 spiro atoms. The molecule has 2 aromatic heterocycles. The van der Waals surface area contributed by atoms with Crippen LogP contribution in [0.1, 0.15) is 55.3 Å². The molecule has 0 aliphatic carbocycles. The number of amides is 2. The molecule has 202 valence electrons. The minimum atomic E-state index is -1.36. The molecule has 12 nitrogen and oxygen atoms in total. The molecule has 0 radical (unpaired) electrons. The number of anilines is 1. The van der Waals surface area contributed by atoms with Crippen molar-refractivity contribution in [3.8, 4) is 11.9 Å². The molecule has 39 heavy (non-hydrogen) atoms. The molecule has 1 unspecified atom stereocenters. The molecule has 3 aromatic rings. The van der Waals surface area contributed by atoms with E-state index in [1.165, 1.54) is 42.3 Å². The number of ether oxygens (including phenoxy) is 2. The van der Waals surface area contributed by atoms with Crippen LogP contribution < -0.4 is 15.4 Å². The number of aliphatic imine (C=N–C) groups is 1. The Labute approximate surface area is 227 Å². The average molecular weight is 555 g/mol. The zero-order chi connectivity index (χ0) is 28.5. The van der Waals surface area contributed by atoms with Crippen LogP contribution in [0, 0.1) is 17.1 Å². The lowest BCUT2D eigenvalue weighted by molar-refractivity contribution is 0.0562. The number of rotatable bonds is 4. The lowest BCUT2D eigenvalue weighted by Crippen LogP contribution is -2.44. The lowest BCUT2D eigenvalue weighted by atomic mass is 9.90. The number of amidine groups is 1. The predicted molar refractivity (Wildman–Crippen MR) is 138 cm³/mol. The van der Waals surface area contributed by atoms with Crippen LogP contribution in [0.15, 0.2) is 35.6 Å². The Morgan fingerprint density at radius 1 is 1.23 bits per heavy atom. The van der Waals surface area contributed by atoms with Crippen LogP contribution in [-0.4, -0.2) is 50.1 Å². The van der Waals surface area contributed by atoms with E-state index in [2.05, 4.69) is 30.6 Å². The van der Waals surface area contributed by atoms with Gasteiger partial charge in [-0.3, -0.25) is 15.1 Å². The highest BCUT2D eigenvalue weighted by atomic mass is 35.5. The number of benzene rings is 1. The summed E-state index contributed by atoms with van der Waals surface area (Å²) in [6.45, 7) is 6.65.